The zero-order chi connectivity index (χ0) is 14.3. The Bertz CT molecular complexity index is 499. The van der Waals surface area contributed by atoms with Gasteiger partial charge in [-0.2, -0.15) is 0 Å². The van der Waals surface area contributed by atoms with Crippen LogP contribution in [-0.2, 0) is 14.8 Å². The van der Waals surface area contributed by atoms with Crippen molar-refractivity contribution < 1.29 is 17.9 Å². The van der Waals surface area contributed by atoms with Gasteiger partial charge in [0, 0.05) is 13.7 Å². The third-order valence-corrected chi connectivity index (χ3v) is 3.98. The summed E-state index contributed by atoms with van der Waals surface area (Å²) in [7, 11) is -1.95. The molecule has 0 radical (unpaired) electrons. The highest BCUT2D eigenvalue weighted by molar-refractivity contribution is 7.89. The van der Waals surface area contributed by atoms with Crippen LogP contribution in [0.5, 0.6) is 5.75 Å². The van der Waals surface area contributed by atoms with Crippen molar-refractivity contribution in [3.63, 3.8) is 0 Å². The van der Waals surface area contributed by atoms with Crippen LogP contribution in [0.25, 0.3) is 0 Å². The van der Waals surface area contributed by atoms with Crippen LogP contribution >= 0.6 is 0 Å². The summed E-state index contributed by atoms with van der Waals surface area (Å²) in [6.45, 7) is 5.08. The molecule has 1 rings (SSSR count). The molecule has 6 heteroatoms. The van der Waals surface area contributed by atoms with Crippen LogP contribution in [0.1, 0.15) is 18.9 Å². The Morgan fingerprint density at radius 2 is 2.00 bits per heavy atom. The van der Waals surface area contributed by atoms with Gasteiger partial charge in [0.1, 0.15) is 5.75 Å². The molecular formula is C13H21NO4S. The third kappa shape index (κ3) is 4.81. The van der Waals surface area contributed by atoms with E-state index in [9.17, 15) is 8.42 Å². The molecule has 0 saturated carbocycles. The number of sulfonamides is 1. The highest BCUT2D eigenvalue weighted by Gasteiger charge is 2.14. The molecule has 0 saturated heterocycles. The zero-order valence-corrected chi connectivity index (χ0v) is 12.4. The number of methoxy groups -OCH3 is 1. The quantitative estimate of drug-likeness (QED) is 0.739. The van der Waals surface area contributed by atoms with Crippen molar-refractivity contribution >= 4 is 10.0 Å². The molecule has 1 aromatic rings. The summed E-state index contributed by atoms with van der Waals surface area (Å²) in [5, 5.41) is 0. The van der Waals surface area contributed by atoms with Gasteiger partial charge in [0.15, 0.2) is 0 Å². The minimum atomic E-state index is -3.48. The van der Waals surface area contributed by atoms with E-state index in [2.05, 4.69) is 4.72 Å². The van der Waals surface area contributed by atoms with Gasteiger partial charge in [-0.3, -0.25) is 0 Å². The fourth-order valence-corrected chi connectivity index (χ4v) is 2.62. The summed E-state index contributed by atoms with van der Waals surface area (Å²) in [5.41, 5.74) is 0.808. The first-order valence-electron chi connectivity index (χ1n) is 6.23. The predicted octanol–water partition coefficient (Wildman–Crippen LogP) is 1.71. The second kappa shape index (κ2) is 7.47. The molecule has 0 bridgehead atoms. The van der Waals surface area contributed by atoms with Crippen molar-refractivity contribution in [1.82, 2.24) is 4.72 Å². The Labute approximate surface area is 115 Å². The Morgan fingerprint density at radius 1 is 1.26 bits per heavy atom. The van der Waals surface area contributed by atoms with Crippen LogP contribution in [0.4, 0.5) is 0 Å². The minimum absolute atomic E-state index is 0.241. The second-order valence-corrected chi connectivity index (χ2v) is 5.93. The number of ether oxygens (including phenoxy) is 2. The lowest BCUT2D eigenvalue weighted by Crippen LogP contribution is -2.27. The average Bonchev–Trinajstić information content (AvgIpc) is 2.37. The van der Waals surface area contributed by atoms with Crippen LogP contribution in [0.15, 0.2) is 23.1 Å². The molecule has 0 heterocycles. The monoisotopic (exact) mass is 287 g/mol. The lowest BCUT2D eigenvalue weighted by atomic mass is 10.2. The SMILES string of the molecule is CCCOc1ccc(S(=O)(=O)NCCOC)cc1C. The Kier molecular flexibility index (Phi) is 6.27. The van der Waals surface area contributed by atoms with Crippen LogP contribution in [0.3, 0.4) is 0 Å². The molecule has 1 N–H and O–H groups in total. The normalized spacial score (nSPS) is 11.5. The van der Waals surface area contributed by atoms with Crippen molar-refractivity contribution in [3.05, 3.63) is 23.8 Å². The van der Waals surface area contributed by atoms with E-state index in [0.29, 0.717) is 13.2 Å². The van der Waals surface area contributed by atoms with Crippen molar-refractivity contribution in [3.8, 4) is 5.75 Å². The van der Waals surface area contributed by atoms with E-state index in [4.69, 9.17) is 9.47 Å². The van der Waals surface area contributed by atoms with E-state index in [-0.39, 0.29) is 11.4 Å². The van der Waals surface area contributed by atoms with Gasteiger partial charge in [-0.05, 0) is 37.1 Å². The molecule has 5 nitrogen and oxygen atoms in total. The van der Waals surface area contributed by atoms with Gasteiger partial charge in [0.25, 0.3) is 0 Å². The summed E-state index contributed by atoms with van der Waals surface area (Å²) >= 11 is 0. The van der Waals surface area contributed by atoms with E-state index < -0.39 is 10.0 Å². The van der Waals surface area contributed by atoms with E-state index in [1.807, 2.05) is 13.8 Å². The smallest absolute Gasteiger partial charge is 0.240 e. The first-order chi connectivity index (χ1) is 9.01. The Hall–Kier alpha value is -1.11. The Morgan fingerprint density at radius 3 is 2.58 bits per heavy atom. The maximum Gasteiger partial charge on any atom is 0.240 e. The van der Waals surface area contributed by atoms with Gasteiger partial charge < -0.3 is 9.47 Å². The van der Waals surface area contributed by atoms with Gasteiger partial charge in [0.2, 0.25) is 10.0 Å². The van der Waals surface area contributed by atoms with Crippen LogP contribution in [0.2, 0.25) is 0 Å². The van der Waals surface area contributed by atoms with Crippen LogP contribution < -0.4 is 9.46 Å². The third-order valence-electron chi connectivity index (χ3n) is 2.52. The molecule has 0 atom stereocenters. The first-order valence-corrected chi connectivity index (χ1v) is 7.71. The van der Waals surface area contributed by atoms with Gasteiger partial charge in [0.05, 0.1) is 18.1 Å². The predicted molar refractivity (Wildman–Crippen MR) is 74.0 cm³/mol. The van der Waals surface area contributed by atoms with E-state index in [0.717, 1.165) is 17.7 Å². The number of aryl methyl sites for hydroxylation is 1. The number of benzene rings is 1. The molecule has 0 unspecified atom stereocenters. The van der Waals surface area contributed by atoms with Crippen molar-refractivity contribution in [2.75, 3.05) is 26.9 Å². The number of nitrogens with one attached hydrogen (secondary N) is 1. The topological polar surface area (TPSA) is 64.6 Å². The number of rotatable bonds is 8. The van der Waals surface area contributed by atoms with Gasteiger partial charge in [-0.25, -0.2) is 13.1 Å². The number of hydrogen-bond acceptors (Lipinski definition) is 4. The minimum Gasteiger partial charge on any atom is -0.493 e. The zero-order valence-electron chi connectivity index (χ0n) is 11.6. The summed E-state index contributed by atoms with van der Waals surface area (Å²) in [6.07, 6.45) is 0.915. The summed E-state index contributed by atoms with van der Waals surface area (Å²) in [6, 6.07) is 4.85. The van der Waals surface area contributed by atoms with Crippen LogP contribution in [0, 0.1) is 6.92 Å². The molecule has 0 aromatic heterocycles. The fourth-order valence-electron chi connectivity index (χ4n) is 1.52. The van der Waals surface area contributed by atoms with E-state index >= 15 is 0 Å². The largest absolute Gasteiger partial charge is 0.493 e. The van der Waals surface area contributed by atoms with Gasteiger partial charge in [-0.1, -0.05) is 6.92 Å². The van der Waals surface area contributed by atoms with E-state index in [1.54, 1.807) is 18.2 Å². The highest BCUT2D eigenvalue weighted by atomic mass is 32.2. The summed E-state index contributed by atoms with van der Waals surface area (Å²) in [4.78, 5) is 0.241. The van der Waals surface area contributed by atoms with Crippen molar-refractivity contribution in [2.24, 2.45) is 0 Å². The first kappa shape index (κ1) is 15.9. The molecule has 0 aliphatic rings. The number of hydrogen-bond donors (Lipinski definition) is 1. The Balaban J connectivity index is 2.81. The van der Waals surface area contributed by atoms with Crippen molar-refractivity contribution in [1.29, 1.82) is 0 Å². The van der Waals surface area contributed by atoms with Gasteiger partial charge >= 0.3 is 0 Å². The molecule has 0 spiro atoms. The molecular weight excluding hydrogens is 266 g/mol. The molecule has 19 heavy (non-hydrogen) atoms. The summed E-state index contributed by atoms with van der Waals surface area (Å²) in [5.74, 6) is 0.720. The maximum absolute atomic E-state index is 12.0. The van der Waals surface area contributed by atoms with Crippen LogP contribution in [-0.4, -0.2) is 35.3 Å². The molecule has 0 aliphatic heterocycles. The van der Waals surface area contributed by atoms with E-state index in [1.165, 1.54) is 7.11 Å². The average molecular weight is 287 g/mol. The lowest BCUT2D eigenvalue weighted by Gasteiger charge is -2.11. The standard InChI is InChI=1S/C13H21NO4S/c1-4-8-18-13-6-5-12(10-11(13)2)19(15,16)14-7-9-17-3/h5-6,10,14H,4,7-9H2,1-3H3. The lowest BCUT2D eigenvalue weighted by molar-refractivity contribution is 0.204. The molecule has 1 aromatic carbocycles. The van der Waals surface area contributed by atoms with Crippen molar-refractivity contribution in [2.45, 2.75) is 25.2 Å². The molecule has 0 aliphatic carbocycles. The second-order valence-electron chi connectivity index (χ2n) is 4.17. The molecule has 0 amide bonds. The molecule has 0 fully saturated rings. The van der Waals surface area contributed by atoms with Gasteiger partial charge in [-0.15, -0.1) is 0 Å². The maximum atomic E-state index is 12.0. The highest BCUT2D eigenvalue weighted by Crippen LogP contribution is 2.21. The fraction of sp³-hybridized carbons (Fsp3) is 0.538. The summed E-state index contributed by atoms with van der Waals surface area (Å²) < 4.78 is 36.8. The molecule has 108 valence electrons.